The van der Waals surface area contributed by atoms with Crippen molar-refractivity contribution in [2.24, 2.45) is 28.1 Å². The van der Waals surface area contributed by atoms with Crippen LogP contribution in [0.5, 0.6) is 11.5 Å². The minimum absolute atomic E-state index is 0.000616. The molecule has 2 aliphatic rings. The maximum absolute atomic E-state index is 13.9. The Bertz CT molecular complexity index is 1470. The number of nitrogens with zero attached hydrogens (tertiary/aromatic N) is 1. The van der Waals surface area contributed by atoms with E-state index in [9.17, 15) is 19.2 Å². The number of rotatable bonds is 20. The molecule has 4 rings (SSSR count). The molecule has 2 aromatic rings. The number of nitrogens with two attached hydrogens (primary N) is 3. The van der Waals surface area contributed by atoms with Gasteiger partial charge in [0.1, 0.15) is 35.8 Å². The predicted molar refractivity (Wildman–Crippen MR) is 206 cm³/mol. The zero-order valence-electron chi connectivity index (χ0n) is 30.9. The molecule has 15 nitrogen and oxygen atoms in total. The van der Waals surface area contributed by atoms with Crippen LogP contribution in [0.1, 0.15) is 81.1 Å². The number of thiophene rings is 1. The SMILES string of the molecule is CC(C)CC(CC(=O)NC(Cc1ccsc1)C(N)=O)NC(=O)[C@H](CCCN=C(N)N)NC(=O)c1cc(OC2CCNCC2)cc(OC2CCNCC2)c1. The van der Waals surface area contributed by atoms with Crippen LogP contribution in [0.15, 0.2) is 40.0 Å². The van der Waals surface area contributed by atoms with E-state index in [4.69, 9.17) is 26.7 Å². The highest BCUT2D eigenvalue weighted by Crippen LogP contribution is 2.28. The zero-order valence-corrected chi connectivity index (χ0v) is 31.7. The molecular weight excluding hydrogens is 699 g/mol. The number of ether oxygens (including phenoxy) is 2. The van der Waals surface area contributed by atoms with E-state index in [1.807, 2.05) is 36.7 Å². The number of benzene rings is 1. The summed E-state index contributed by atoms with van der Waals surface area (Å²) in [5.41, 5.74) is 17.8. The molecule has 3 atom stereocenters. The molecule has 2 saturated heterocycles. The number of hydrogen-bond acceptors (Lipinski definition) is 10. The molecule has 1 aromatic heterocycles. The normalized spacial score (nSPS) is 16.9. The van der Waals surface area contributed by atoms with Gasteiger partial charge in [-0.1, -0.05) is 13.8 Å². The fourth-order valence-electron chi connectivity index (χ4n) is 6.47. The largest absolute Gasteiger partial charge is 0.490 e. The lowest BCUT2D eigenvalue weighted by Gasteiger charge is -2.27. The highest BCUT2D eigenvalue weighted by atomic mass is 32.1. The first kappa shape index (κ1) is 41.3. The van der Waals surface area contributed by atoms with Crippen molar-refractivity contribution in [1.82, 2.24) is 26.6 Å². The second kappa shape index (κ2) is 21.3. The molecular formula is C37H57N9O6S. The van der Waals surface area contributed by atoms with E-state index < -0.39 is 41.8 Å². The van der Waals surface area contributed by atoms with E-state index in [2.05, 4.69) is 31.6 Å². The third-order valence-corrected chi connectivity index (χ3v) is 9.85. The molecule has 11 N–H and O–H groups in total. The van der Waals surface area contributed by atoms with Crippen molar-refractivity contribution in [3.05, 3.63) is 46.2 Å². The number of carbonyl (C=O) groups is 4. The lowest BCUT2D eigenvalue weighted by molar-refractivity contribution is -0.128. The van der Waals surface area contributed by atoms with Gasteiger partial charge in [-0.3, -0.25) is 24.2 Å². The van der Waals surface area contributed by atoms with E-state index in [0.29, 0.717) is 29.9 Å². The van der Waals surface area contributed by atoms with Crippen molar-refractivity contribution in [2.75, 3.05) is 32.7 Å². The molecule has 4 amide bonds. The lowest BCUT2D eigenvalue weighted by atomic mass is 9.99. The van der Waals surface area contributed by atoms with E-state index in [-0.39, 0.29) is 49.9 Å². The van der Waals surface area contributed by atoms with E-state index >= 15 is 0 Å². The molecule has 0 aliphatic carbocycles. The van der Waals surface area contributed by atoms with Crippen LogP contribution in [0.3, 0.4) is 0 Å². The van der Waals surface area contributed by atoms with Gasteiger partial charge in [-0.25, -0.2) is 0 Å². The number of guanidine groups is 1. The molecule has 0 bridgehead atoms. The van der Waals surface area contributed by atoms with Gasteiger partial charge in [0.15, 0.2) is 5.96 Å². The van der Waals surface area contributed by atoms with Crippen LogP contribution in [0, 0.1) is 5.92 Å². The van der Waals surface area contributed by atoms with Crippen molar-refractivity contribution in [1.29, 1.82) is 0 Å². The monoisotopic (exact) mass is 755 g/mol. The minimum atomic E-state index is -0.978. The first-order chi connectivity index (χ1) is 25.4. The number of amides is 4. The van der Waals surface area contributed by atoms with Crippen molar-refractivity contribution in [2.45, 2.75) is 102 Å². The quantitative estimate of drug-likeness (QED) is 0.0548. The van der Waals surface area contributed by atoms with Gasteiger partial charge in [-0.05, 0) is 112 Å². The van der Waals surface area contributed by atoms with Crippen molar-refractivity contribution in [3.63, 3.8) is 0 Å². The summed E-state index contributed by atoms with van der Waals surface area (Å²) in [5, 5.41) is 19.1. The number of carbonyl (C=O) groups excluding carboxylic acids is 4. The van der Waals surface area contributed by atoms with Gasteiger partial charge in [-0.2, -0.15) is 11.3 Å². The molecule has 0 spiro atoms. The molecule has 2 aliphatic heterocycles. The lowest BCUT2D eigenvalue weighted by Crippen LogP contribution is -2.52. The molecule has 53 heavy (non-hydrogen) atoms. The minimum Gasteiger partial charge on any atom is -0.490 e. The summed E-state index contributed by atoms with van der Waals surface area (Å²) in [7, 11) is 0. The summed E-state index contributed by atoms with van der Waals surface area (Å²) in [6.45, 7) is 7.61. The molecule has 292 valence electrons. The Kier molecular flexibility index (Phi) is 16.6. The average Bonchev–Trinajstić information content (AvgIpc) is 3.63. The second-order valence-corrected chi connectivity index (χ2v) is 15.0. The highest BCUT2D eigenvalue weighted by molar-refractivity contribution is 7.07. The van der Waals surface area contributed by atoms with Crippen molar-refractivity contribution < 1.29 is 28.7 Å². The standard InChI is InChI=1S/C37H57N9O6S/c1-23(2)16-26(20-33(47)45-32(34(38)48)17-24-9-15-53-22-24)44-36(50)31(4-3-10-43-37(39)40)46-35(49)25-18-29(51-27-5-11-41-12-6-27)21-30(19-25)52-28-7-13-42-14-8-28/h9,15,18-19,21-23,26-28,31-32,41-42H,3-8,10-14,16-17,20H2,1-2H3,(H2,38,48)(H,44,50)(H,45,47)(H,46,49)(H4,39,40,43)/t26?,31-,32?/m0/s1. The Balaban J connectivity index is 1.50. The van der Waals surface area contributed by atoms with Gasteiger partial charge in [0, 0.05) is 37.1 Å². The fourth-order valence-corrected chi connectivity index (χ4v) is 7.15. The van der Waals surface area contributed by atoms with Crippen molar-refractivity contribution >= 4 is 40.9 Å². The number of piperidine rings is 2. The van der Waals surface area contributed by atoms with E-state index in [1.54, 1.807) is 12.1 Å². The Morgan fingerprint density at radius 2 is 1.51 bits per heavy atom. The Hall–Kier alpha value is -4.41. The summed E-state index contributed by atoms with van der Waals surface area (Å²) in [4.78, 5) is 57.3. The Morgan fingerprint density at radius 1 is 0.887 bits per heavy atom. The number of nitrogens with one attached hydrogen (secondary N) is 5. The van der Waals surface area contributed by atoms with Crippen LogP contribution in [-0.2, 0) is 20.8 Å². The Morgan fingerprint density at radius 3 is 2.04 bits per heavy atom. The molecule has 1 aromatic carbocycles. The third kappa shape index (κ3) is 14.9. The van der Waals surface area contributed by atoms with Crippen LogP contribution < -0.4 is 53.3 Å². The smallest absolute Gasteiger partial charge is 0.252 e. The predicted octanol–water partition coefficient (Wildman–Crippen LogP) is 1.30. The van der Waals surface area contributed by atoms with Gasteiger partial charge in [0.2, 0.25) is 17.7 Å². The maximum atomic E-state index is 13.9. The van der Waals surface area contributed by atoms with Gasteiger partial charge < -0.3 is 53.3 Å². The first-order valence-electron chi connectivity index (χ1n) is 18.6. The molecule has 16 heteroatoms. The molecule has 0 saturated carbocycles. The second-order valence-electron chi connectivity index (χ2n) is 14.2. The summed E-state index contributed by atoms with van der Waals surface area (Å²) in [6, 6.07) is 4.60. The number of primary amides is 1. The zero-order chi connectivity index (χ0) is 38.2. The van der Waals surface area contributed by atoms with Crippen LogP contribution >= 0.6 is 11.3 Å². The van der Waals surface area contributed by atoms with Crippen LogP contribution in [0.2, 0.25) is 0 Å². The number of hydrogen-bond donors (Lipinski definition) is 8. The maximum Gasteiger partial charge on any atom is 0.252 e. The highest BCUT2D eigenvalue weighted by Gasteiger charge is 2.28. The van der Waals surface area contributed by atoms with Gasteiger partial charge in [-0.15, -0.1) is 0 Å². The fraction of sp³-hybridized carbons (Fsp3) is 0.595. The van der Waals surface area contributed by atoms with Gasteiger partial charge in [0.25, 0.3) is 5.91 Å². The Labute approximate surface area is 316 Å². The summed E-state index contributed by atoms with van der Waals surface area (Å²) in [6.07, 6.45) is 4.65. The van der Waals surface area contributed by atoms with Gasteiger partial charge in [0.05, 0.1) is 0 Å². The average molecular weight is 756 g/mol. The van der Waals surface area contributed by atoms with Crippen LogP contribution in [0.25, 0.3) is 0 Å². The summed E-state index contributed by atoms with van der Waals surface area (Å²) in [5.74, 6) is -0.896. The summed E-state index contributed by atoms with van der Waals surface area (Å²) < 4.78 is 12.7. The van der Waals surface area contributed by atoms with E-state index in [1.165, 1.54) is 11.3 Å². The summed E-state index contributed by atoms with van der Waals surface area (Å²) >= 11 is 1.49. The van der Waals surface area contributed by atoms with E-state index in [0.717, 1.165) is 57.4 Å². The van der Waals surface area contributed by atoms with Crippen LogP contribution in [-0.4, -0.2) is 92.6 Å². The molecule has 2 fully saturated rings. The van der Waals surface area contributed by atoms with Crippen LogP contribution in [0.4, 0.5) is 0 Å². The number of aliphatic imine (C=N–C) groups is 1. The third-order valence-electron chi connectivity index (χ3n) is 9.12. The topological polar surface area (TPSA) is 237 Å². The molecule has 0 radical (unpaired) electrons. The first-order valence-corrected chi connectivity index (χ1v) is 19.6. The van der Waals surface area contributed by atoms with Crippen molar-refractivity contribution in [3.8, 4) is 11.5 Å². The molecule has 3 heterocycles. The molecule has 2 unspecified atom stereocenters. The van der Waals surface area contributed by atoms with Gasteiger partial charge >= 0.3 is 0 Å².